The maximum Gasteiger partial charge on any atom is 0.193 e. The van der Waals surface area contributed by atoms with Crippen LogP contribution in [0.15, 0.2) is 18.2 Å². The molecule has 0 spiro atoms. The van der Waals surface area contributed by atoms with E-state index in [4.69, 9.17) is 23.4 Å². The first kappa shape index (κ1) is 21.9. The predicted octanol–water partition coefficient (Wildman–Crippen LogP) is 4.10. The highest BCUT2D eigenvalue weighted by molar-refractivity contribution is 6.74. The normalized spacial score (nSPS) is 19.5. The lowest BCUT2D eigenvalue weighted by molar-refractivity contribution is -0.126. The second kappa shape index (κ2) is 8.73. The molecule has 2 atom stereocenters. The first-order valence-electron chi connectivity index (χ1n) is 9.25. The Morgan fingerprint density at radius 1 is 1.22 bits per heavy atom. The van der Waals surface area contributed by atoms with Crippen molar-refractivity contribution in [3.8, 4) is 11.5 Å². The van der Waals surface area contributed by atoms with Crippen LogP contribution in [0.5, 0.6) is 11.5 Å². The van der Waals surface area contributed by atoms with E-state index in [2.05, 4.69) is 33.9 Å². The molecule has 1 aliphatic heterocycles. The smallest absolute Gasteiger partial charge is 0.193 e. The van der Waals surface area contributed by atoms with Crippen molar-refractivity contribution in [1.29, 1.82) is 0 Å². The summed E-state index contributed by atoms with van der Waals surface area (Å²) in [4.78, 5) is 12.2. The van der Waals surface area contributed by atoms with Gasteiger partial charge in [-0.15, -0.1) is 0 Å². The second-order valence-electron chi connectivity index (χ2n) is 8.31. The van der Waals surface area contributed by atoms with Crippen molar-refractivity contribution < 1.29 is 28.2 Å². The monoisotopic (exact) mass is 396 g/mol. The van der Waals surface area contributed by atoms with Gasteiger partial charge in [0.25, 0.3) is 0 Å². The molecule has 0 saturated carbocycles. The van der Waals surface area contributed by atoms with E-state index in [-0.39, 0.29) is 23.7 Å². The van der Waals surface area contributed by atoms with E-state index < -0.39 is 14.4 Å². The van der Waals surface area contributed by atoms with Gasteiger partial charge in [-0.1, -0.05) is 20.8 Å². The molecule has 1 aromatic carbocycles. The number of carbonyl (C=O) groups is 1. The van der Waals surface area contributed by atoms with Gasteiger partial charge in [0.05, 0.1) is 13.2 Å². The van der Waals surface area contributed by atoms with E-state index in [0.717, 1.165) is 5.56 Å². The largest absolute Gasteiger partial charge is 0.479 e. The van der Waals surface area contributed by atoms with Gasteiger partial charge in [-0.25, -0.2) is 0 Å². The Hall–Kier alpha value is -1.41. The molecule has 2 rings (SSSR count). The highest BCUT2D eigenvalue weighted by Crippen LogP contribution is 2.46. The standard InChI is InChI=1S/C20H32O6Si/c1-14(21)18-19(26-27(6,7)20(2,3)4)16-9-8-15(12-17(16)25-18)24-13-23-11-10-22-5/h8-9,12,18-19H,10-11,13H2,1-7H3/t18-,19+/m1/s1. The van der Waals surface area contributed by atoms with Crippen molar-refractivity contribution in [3.63, 3.8) is 0 Å². The molecule has 0 radical (unpaired) electrons. The molecule has 0 N–H and O–H groups in total. The van der Waals surface area contributed by atoms with E-state index in [1.807, 2.05) is 12.1 Å². The number of rotatable bonds is 9. The number of ether oxygens (including phenoxy) is 4. The number of methoxy groups -OCH3 is 1. The zero-order valence-corrected chi connectivity index (χ0v) is 18.5. The van der Waals surface area contributed by atoms with Crippen LogP contribution in [0.2, 0.25) is 18.1 Å². The molecule has 7 heteroatoms. The van der Waals surface area contributed by atoms with Crippen LogP contribution in [-0.2, 0) is 18.7 Å². The van der Waals surface area contributed by atoms with Crippen LogP contribution >= 0.6 is 0 Å². The Kier molecular flexibility index (Phi) is 7.07. The van der Waals surface area contributed by atoms with E-state index in [0.29, 0.717) is 24.7 Å². The third-order valence-electron chi connectivity index (χ3n) is 5.19. The number of hydrogen-bond donors (Lipinski definition) is 0. The number of carbonyl (C=O) groups excluding carboxylic acids is 1. The summed E-state index contributed by atoms with van der Waals surface area (Å²) in [5.41, 5.74) is 0.896. The molecule has 27 heavy (non-hydrogen) atoms. The summed E-state index contributed by atoms with van der Waals surface area (Å²) < 4.78 is 28.3. The van der Waals surface area contributed by atoms with Crippen LogP contribution in [0.3, 0.4) is 0 Å². The second-order valence-corrected chi connectivity index (χ2v) is 13.1. The van der Waals surface area contributed by atoms with Gasteiger partial charge in [-0.05, 0) is 37.2 Å². The zero-order chi connectivity index (χ0) is 20.2. The minimum Gasteiger partial charge on any atom is -0.479 e. The molecular formula is C20H32O6Si. The van der Waals surface area contributed by atoms with Crippen molar-refractivity contribution in [3.05, 3.63) is 23.8 Å². The van der Waals surface area contributed by atoms with Crippen molar-refractivity contribution in [2.45, 2.75) is 58.0 Å². The lowest BCUT2D eigenvalue weighted by atomic mass is 10.0. The summed E-state index contributed by atoms with van der Waals surface area (Å²) in [6.07, 6.45) is -1.01. The fourth-order valence-electron chi connectivity index (χ4n) is 2.53. The van der Waals surface area contributed by atoms with Crippen LogP contribution in [0.1, 0.15) is 39.4 Å². The third kappa shape index (κ3) is 5.31. The molecule has 0 saturated heterocycles. The van der Waals surface area contributed by atoms with Crippen LogP contribution in [0.25, 0.3) is 0 Å². The first-order chi connectivity index (χ1) is 12.6. The van der Waals surface area contributed by atoms with Gasteiger partial charge in [0.2, 0.25) is 0 Å². The fraction of sp³-hybridized carbons (Fsp3) is 0.650. The predicted molar refractivity (Wildman–Crippen MR) is 106 cm³/mol. The van der Waals surface area contributed by atoms with Gasteiger partial charge < -0.3 is 23.4 Å². The molecule has 0 amide bonds. The average molecular weight is 397 g/mol. The number of fused-ring (bicyclic) bond motifs is 1. The average Bonchev–Trinajstić information content (AvgIpc) is 2.91. The van der Waals surface area contributed by atoms with Gasteiger partial charge in [0, 0.05) is 18.7 Å². The molecular weight excluding hydrogens is 364 g/mol. The van der Waals surface area contributed by atoms with Gasteiger partial charge in [0.1, 0.15) is 17.6 Å². The molecule has 0 aliphatic carbocycles. The van der Waals surface area contributed by atoms with E-state index in [1.54, 1.807) is 20.1 Å². The van der Waals surface area contributed by atoms with E-state index in [9.17, 15) is 4.79 Å². The molecule has 152 valence electrons. The summed E-state index contributed by atoms with van der Waals surface area (Å²) in [7, 11) is -0.448. The number of hydrogen-bond acceptors (Lipinski definition) is 6. The fourth-order valence-corrected chi connectivity index (χ4v) is 3.77. The Balaban J connectivity index is 2.15. The molecule has 6 nitrogen and oxygen atoms in total. The minimum atomic E-state index is -2.07. The third-order valence-corrected chi connectivity index (χ3v) is 9.65. The highest BCUT2D eigenvalue weighted by atomic mass is 28.4. The Morgan fingerprint density at radius 2 is 1.93 bits per heavy atom. The molecule has 1 aromatic rings. The van der Waals surface area contributed by atoms with Crippen LogP contribution in [-0.4, -0.2) is 47.3 Å². The number of Topliss-reactive ketones (excluding diaryl/α,β-unsaturated/α-hetero) is 1. The maximum atomic E-state index is 12.2. The van der Waals surface area contributed by atoms with Crippen molar-refractivity contribution in [2.24, 2.45) is 0 Å². The van der Waals surface area contributed by atoms with Crippen molar-refractivity contribution in [2.75, 3.05) is 27.1 Å². The summed E-state index contributed by atoms with van der Waals surface area (Å²) in [6, 6.07) is 5.56. The van der Waals surface area contributed by atoms with Crippen molar-refractivity contribution in [1.82, 2.24) is 0 Å². The van der Waals surface area contributed by atoms with Gasteiger partial charge >= 0.3 is 0 Å². The van der Waals surface area contributed by atoms with Crippen LogP contribution in [0, 0.1) is 0 Å². The van der Waals surface area contributed by atoms with Crippen LogP contribution < -0.4 is 9.47 Å². The summed E-state index contributed by atoms with van der Waals surface area (Å²) in [6.45, 7) is 13.5. The zero-order valence-electron chi connectivity index (χ0n) is 17.5. The number of benzene rings is 1. The molecule has 0 bridgehead atoms. The minimum absolute atomic E-state index is 0.0414. The van der Waals surface area contributed by atoms with E-state index >= 15 is 0 Å². The van der Waals surface area contributed by atoms with Gasteiger partial charge in [0.15, 0.2) is 27.0 Å². The van der Waals surface area contributed by atoms with Gasteiger partial charge in [-0.3, -0.25) is 4.79 Å². The Bertz CT molecular complexity index is 652. The molecule has 0 fully saturated rings. The SMILES string of the molecule is COCCOCOc1ccc2c(c1)O[C@H](C(C)=O)[C@H]2O[Si](C)(C)C(C)(C)C. The molecule has 1 heterocycles. The summed E-state index contributed by atoms with van der Waals surface area (Å²) in [5.74, 6) is 1.22. The lowest BCUT2D eigenvalue weighted by Crippen LogP contribution is -2.44. The van der Waals surface area contributed by atoms with E-state index in [1.165, 1.54) is 0 Å². The van der Waals surface area contributed by atoms with Gasteiger partial charge in [-0.2, -0.15) is 0 Å². The summed E-state index contributed by atoms with van der Waals surface area (Å²) >= 11 is 0. The highest BCUT2D eigenvalue weighted by Gasteiger charge is 2.46. The molecule has 1 aliphatic rings. The number of ketones is 1. The lowest BCUT2D eigenvalue weighted by Gasteiger charge is -2.39. The quantitative estimate of drug-likeness (QED) is 0.356. The molecule has 0 aromatic heterocycles. The first-order valence-corrected chi connectivity index (χ1v) is 12.2. The maximum absolute atomic E-state index is 12.2. The molecule has 0 unspecified atom stereocenters. The van der Waals surface area contributed by atoms with Crippen molar-refractivity contribution >= 4 is 14.1 Å². The Labute approximate surface area is 163 Å². The summed E-state index contributed by atoms with van der Waals surface area (Å²) in [5, 5.41) is 0.0414. The topological polar surface area (TPSA) is 63.2 Å². The Morgan fingerprint density at radius 3 is 2.52 bits per heavy atom. The van der Waals surface area contributed by atoms with Crippen LogP contribution in [0.4, 0.5) is 0 Å².